The summed E-state index contributed by atoms with van der Waals surface area (Å²) in [5.74, 6) is 0.617. The fourth-order valence-electron chi connectivity index (χ4n) is 11.0. The Hall–Kier alpha value is -5.92. The molecule has 1 heteroatoms. The van der Waals surface area contributed by atoms with Gasteiger partial charge in [-0.25, -0.2) is 0 Å². The molecule has 1 aromatic heterocycles. The quantitative estimate of drug-likeness (QED) is 0.173. The number of fused-ring (bicyclic) bond motifs is 22. The summed E-state index contributed by atoms with van der Waals surface area (Å²) in [6.07, 6.45) is 9.46. The van der Waals surface area contributed by atoms with Crippen molar-refractivity contribution < 1.29 is 0 Å². The van der Waals surface area contributed by atoms with E-state index in [0.717, 1.165) is 0 Å². The number of nitrogens with one attached hydrogen (secondary N) is 1. The lowest BCUT2D eigenvalue weighted by molar-refractivity contribution is 0.432. The number of aromatic nitrogens is 1. The summed E-state index contributed by atoms with van der Waals surface area (Å²) in [6.45, 7) is 0. The predicted molar refractivity (Wildman–Crippen MR) is 201 cm³/mol. The molecule has 228 valence electrons. The largest absolute Gasteiger partial charge is 0.354 e. The second kappa shape index (κ2) is 8.95. The lowest BCUT2D eigenvalue weighted by Gasteiger charge is -2.50. The van der Waals surface area contributed by atoms with Gasteiger partial charge in [-0.3, -0.25) is 0 Å². The van der Waals surface area contributed by atoms with E-state index >= 15 is 0 Å². The van der Waals surface area contributed by atoms with Gasteiger partial charge in [-0.15, -0.1) is 0 Å². The summed E-state index contributed by atoms with van der Waals surface area (Å²) in [6, 6.07) is 55.6. The van der Waals surface area contributed by atoms with Gasteiger partial charge < -0.3 is 4.98 Å². The molecule has 2 atom stereocenters. The van der Waals surface area contributed by atoms with Crippen molar-refractivity contribution in [3.05, 3.63) is 214 Å². The van der Waals surface area contributed by atoms with Crippen molar-refractivity contribution in [3.63, 3.8) is 0 Å². The molecule has 0 radical (unpaired) electrons. The van der Waals surface area contributed by atoms with Crippen LogP contribution >= 0.6 is 0 Å². The highest BCUT2D eigenvalue weighted by Gasteiger charge is 2.61. The van der Waals surface area contributed by atoms with Gasteiger partial charge in [0.15, 0.2) is 0 Å². The maximum atomic E-state index is 3.83. The average molecular weight is 622 g/mol. The fourth-order valence-corrected chi connectivity index (χ4v) is 11.0. The predicted octanol–water partition coefficient (Wildman–Crippen LogP) is 11.3. The van der Waals surface area contributed by atoms with Crippen molar-refractivity contribution in [2.45, 2.75) is 16.7 Å². The number of benzene rings is 7. The number of H-pyrrole nitrogens is 1. The highest BCUT2D eigenvalue weighted by molar-refractivity contribution is 6.25. The van der Waals surface area contributed by atoms with Crippen LogP contribution in [0.25, 0.3) is 43.7 Å². The number of hydrogen-bond donors (Lipinski definition) is 1. The standard InChI is InChI=1S/C48H31N/c1-2-14-30-29(13-1)25-27-42-45(30)46-43(49-42)28-26-41-44(46)33-17-5-8-20-36(33)48(41)39-23-11-9-21-37(39)47(38-22-10-12-24-40(38)48)34-18-6-3-15-31(34)32-16-4-7-19-35(32)47/h1-28,31,34,49H. The topological polar surface area (TPSA) is 15.8 Å². The minimum atomic E-state index is -0.464. The first-order valence-corrected chi connectivity index (χ1v) is 17.5. The number of hydrogen-bond acceptors (Lipinski definition) is 0. The monoisotopic (exact) mass is 621 g/mol. The Morgan fingerprint density at radius 2 is 1.06 bits per heavy atom. The van der Waals surface area contributed by atoms with Crippen LogP contribution < -0.4 is 0 Å². The fraction of sp³-hybridized carbons (Fsp3) is 0.0833. The normalized spacial score (nSPS) is 23.5. The van der Waals surface area contributed by atoms with E-state index in [-0.39, 0.29) is 11.3 Å². The Kier molecular flexibility index (Phi) is 4.76. The van der Waals surface area contributed by atoms with Crippen LogP contribution in [0.4, 0.5) is 0 Å². The summed E-state index contributed by atoms with van der Waals surface area (Å²) in [7, 11) is 0. The number of allylic oxidation sites excluding steroid dienone is 4. The van der Waals surface area contributed by atoms with E-state index in [0.29, 0.717) is 5.92 Å². The summed E-state index contributed by atoms with van der Waals surface area (Å²) in [5.41, 5.74) is 15.6. The molecular weight excluding hydrogens is 591 g/mol. The smallest absolute Gasteiger partial charge is 0.0720 e. The first-order valence-electron chi connectivity index (χ1n) is 17.5. The van der Waals surface area contributed by atoms with Gasteiger partial charge >= 0.3 is 0 Å². The molecule has 0 bridgehead atoms. The van der Waals surface area contributed by atoms with E-state index in [1.807, 2.05) is 0 Å². The first kappa shape index (κ1) is 26.1. The van der Waals surface area contributed by atoms with Gasteiger partial charge in [-0.1, -0.05) is 158 Å². The molecule has 2 unspecified atom stereocenters. The third-order valence-electron chi connectivity index (χ3n) is 12.5. The first-order chi connectivity index (χ1) is 24.3. The van der Waals surface area contributed by atoms with Crippen LogP contribution in [-0.4, -0.2) is 4.98 Å². The molecule has 12 rings (SSSR count). The van der Waals surface area contributed by atoms with Crippen LogP contribution in [0.1, 0.15) is 50.4 Å². The minimum absolute atomic E-state index is 0.285. The van der Waals surface area contributed by atoms with Gasteiger partial charge in [0, 0.05) is 33.6 Å². The summed E-state index contributed by atoms with van der Waals surface area (Å²) < 4.78 is 0. The summed E-state index contributed by atoms with van der Waals surface area (Å²) in [4.78, 5) is 3.83. The molecule has 0 saturated carbocycles. The minimum Gasteiger partial charge on any atom is -0.354 e. The molecule has 2 spiro atoms. The Morgan fingerprint density at radius 3 is 1.88 bits per heavy atom. The van der Waals surface area contributed by atoms with Gasteiger partial charge in [0.2, 0.25) is 0 Å². The van der Waals surface area contributed by atoms with E-state index in [4.69, 9.17) is 0 Å². The third kappa shape index (κ3) is 2.85. The van der Waals surface area contributed by atoms with Crippen LogP contribution in [-0.2, 0) is 10.8 Å². The third-order valence-corrected chi connectivity index (χ3v) is 12.5. The van der Waals surface area contributed by atoms with E-state index in [1.165, 1.54) is 88.2 Å². The van der Waals surface area contributed by atoms with Crippen molar-refractivity contribution in [1.82, 2.24) is 4.98 Å². The van der Waals surface area contributed by atoms with Gasteiger partial charge in [-0.05, 0) is 78.5 Å². The Bertz CT molecular complexity index is 2760. The number of rotatable bonds is 0. The molecule has 0 amide bonds. The lowest BCUT2D eigenvalue weighted by atomic mass is 9.51. The second-order valence-corrected chi connectivity index (χ2v) is 14.3. The van der Waals surface area contributed by atoms with Crippen LogP contribution in [0.3, 0.4) is 0 Å². The van der Waals surface area contributed by atoms with Crippen molar-refractivity contribution in [1.29, 1.82) is 0 Å². The zero-order chi connectivity index (χ0) is 31.9. The van der Waals surface area contributed by atoms with Crippen LogP contribution in [0.15, 0.2) is 170 Å². The number of aromatic amines is 1. The zero-order valence-corrected chi connectivity index (χ0v) is 26.8. The van der Waals surface area contributed by atoms with E-state index < -0.39 is 5.41 Å². The average Bonchev–Trinajstić information content (AvgIpc) is 3.80. The molecule has 4 aliphatic carbocycles. The van der Waals surface area contributed by atoms with E-state index in [2.05, 4.69) is 175 Å². The van der Waals surface area contributed by atoms with Crippen molar-refractivity contribution in [3.8, 4) is 11.1 Å². The van der Waals surface area contributed by atoms with Gasteiger partial charge in [0.1, 0.15) is 0 Å². The SMILES string of the molecule is C1=CC2c3ccccc3C3(c4ccccc4C4(c5ccccc5-c5c4ccc4[nH]c6ccc7ccccc7c6c54)c4ccccc43)C2C=C1. The molecule has 49 heavy (non-hydrogen) atoms. The summed E-state index contributed by atoms with van der Waals surface area (Å²) >= 11 is 0. The van der Waals surface area contributed by atoms with Crippen LogP contribution in [0.5, 0.6) is 0 Å². The molecule has 1 nitrogen and oxygen atoms in total. The maximum Gasteiger partial charge on any atom is 0.0720 e. The van der Waals surface area contributed by atoms with Gasteiger partial charge in [0.05, 0.1) is 10.8 Å². The molecule has 1 heterocycles. The van der Waals surface area contributed by atoms with Crippen LogP contribution in [0, 0.1) is 5.92 Å². The molecule has 1 N–H and O–H groups in total. The molecular formula is C48H31N. The van der Waals surface area contributed by atoms with Gasteiger partial charge in [-0.2, -0.15) is 0 Å². The van der Waals surface area contributed by atoms with Crippen molar-refractivity contribution in [2.75, 3.05) is 0 Å². The van der Waals surface area contributed by atoms with Crippen molar-refractivity contribution in [2.24, 2.45) is 5.92 Å². The van der Waals surface area contributed by atoms with E-state index in [9.17, 15) is 0 Å². The maximum absolute atomic E-state index is 3.83. The molecule has 7 aromatic carbocycles. The Balaban J connectivity index is 1.28. The molecule has 0 saturated heterocycles. The molecule has 8 aromatic rings. The zero-order valence-electron chi connectivity index (χ0n) is 26.8. The highest BCUT2D eigenvalue weighted by atomic mass is 14.7. The molecule has 0 aliphatic heterocycles. The lowest BCUT2D eigenvalue weighted by Crippen LogP contribution is -2.46. The Labute approximate surface area is 284 Å². The van der Waals surface area contributed by atoms with E-state index in [1.54, 1.807) is 0 Å². The van der Waals surface area contributed by atoms with Crippen LogP contribution in [0.2, 0.25) is 0 Å². The summed E-state index contributed by atoms with van der Waals surface area (Å²) in [5, 5.41) is 5.22. The second-order valence-electron chi connectivity index (χ2n) is 14.3. The van der Waals surface area contributed by atoms with Crippen molar-refractivity contribution >= 4 is 32.6 Å². The van der Waals surface area contributed by atoms with Gasteiger partial charge in [0.25, 0.3) is 0 Å². The molecule has 0 fully saturated rings. The molecule has 4 aliphatic rings. The highest BCUT2D eigenvalue weighted by Crippen LogP contribution is 2.69. The Morgan fingerprint density at radius 1 is 0.449 bits per heavy atom.